The first-order chi connectivity index (χ1) is 13.4. The summed E-state index contributed by atoms with van der Waals surface area (Å²) in [5, 5.41) is 0.646. The zero-order chi connectivity index (χ0) is 20.1. The van der Waals surface area contributed by atoms with E-state index in [0.29, 0.717) is 40.0 Å². The van der Waals surface area contributed by atoms with Crippen LogP contribution in [0.25, 0.3) is 0 Å². The van der Waals surface area contributed by atoms with Gasteiger partial charge in [0.1, 0.15) is 23.9 Å². The fourth-order valence-corrected chi connectivity index (χ4v) is 2.69. The number of nitrogens with one attached hydrogen (secondary N) is 2. The number of hydrogen-bond donors (Lipinski definition) is 2. The minimum absolute atomic E-state index is 0.361. The van der Waals surface area contributed by atoms with Crippen LogP contribution in [-0.4, -0.2) is 11.8 Å². The smallest absolute Gasteiger partial charge is 0.273 e. The maximum absolute atomic E-state index is 12.2. The van der Waals surface area contributed by atoms with Gasteiger partial charge in [0.2, 0.25) is 0 Å². The third kappa shape index (κ3) is 4.92. The standard InChI is InChI=1S/C21H19ClN2O4/c1-13-11-19(14(2)28-13)21(26)24-23-20(25)16-5-3-15(4-6-16)12-27-18-9-7-17(22)8-10-18/h3-11H,12H2,1-2H3,(H,23,25)(H,24,26). The summed E-state index contributed by atoms with van der Waals surface area (Å²) in [5.74, 6) is 0.977. The van der Waals surface area contributed by atoms with Gasteiger partial charge < -0.3 is 9.15 Å². The molecule has 3 rings (SSSR count). The number of aryl methyl sites for hydroxylation is 2. The number of halogens is 1. The van der Waals surface area contributed by atoms with Crippen LogP contribution in [0, 0.1) is 13.8 Å². The van der Waals surface area contributed by atoms with Crippen molar-refractivity contribution in [2.75, 3.05) is 0 Å². The summed E-state index contributed by atoms with van der Waals surface area (Å²) in [6.45, 7) is 3.80. The van der Waals surface area contributed by atoms with Crippen LogP contribution in [0.2, 0.25) is 5.02 Å². The minimum Gasteiger partial charge on any atom is -0.489 e. The van der Waals surface area contributed by atoms with Crippen LogP contribution in [0.1, 0.15) is 37.8 Å². The number of hydrogen-bond acceptors (Lipinski definition) is 4. The van der Waals surface area contributed by atoms with E-state index in [0.717, 1.165) is 5.56 Å². The molecule has 1 heterocycles. The first kappa shape index (κ1) is 19.5. The third-order valence-electron chi connectivity index (χ3n) is 4.01. The molecular formula is C21H19ClN2O4. The summed E-state index contributed by atoms with van der Waals surface area (Å²) >= 11 is 5.84. The normalized spacial score (nSPS) is 10.4. The first-order valence-corrected chi connectivity index (χ1v) is 8.95. The number of benzene rings is 2. The Balaban J connectivity index is 1.52. The van der Waals surface area contributed by atoms with Gasteiger partial charge in [-0.25, -0.2) is 0 Å². The fourth-order valence-electron chi connectivity index (χ4n) is 2.56. The second kappa shape index (κ2) is 8.63. The quantitative estimate of drug-likeness (QED) is 0.631. The maximum atomic E-state index is 12.2. The lowest BCUT2D eigenvalue weighted by Crippen LogP contribution is -2.41. The average molecular weight is 399 g/mol. The number of rotatable bonds is 5. The molecule has 6 nitrogen and oxygen atoms in total. The Bertz CT molecular complexity index is 979. The number of carbonyl (C=O) groups is 2. The Labute approximate surface area is 167 Å². The van der Waals surface area contributed by atoms with E-state index in [4.69, 9.17) is 20.8 Å². The molecule has 0 aliphatic heterocycles. The molecular weight excluding hydrogens is 380 g/mol. The maximum Gasteiger partial charge on any atom is 0.273 e. The minimum atomic E-state index is -0.435. The monoisotopic (exact) mass is 398 g/mol. The summed E-state index contributed by atoms with van der Waals surface area (Å²) < 4.78 is 11.0. The van der Waals surface area contributed by atoms with Gasteiger partial charge in [-0.15, -0.1) is 0 Å². The van der Waals surface area contributed by atoms with Crippen LogP contribution in [0.5, 0.6) is 5.75 Å². The number of carbonyl (C=O) groups excluding carboxylic acids is 2. The first-order valence-electron chi connectivity index (χ1n) is 8.57. The van der Waals surface area contributed by atoms with Gasteiger partial charge in [-0.3, -0.25) is 20.4 Å². The van der Waals surface area contributed by atoms with E-state index < -0.39 is 11.8 Å². The molecule has 0 saturated heterocycles. The van der Waals surface area contributed by atoms with E-state index in [-0.39, 0.29) is 0 Å². The fraction of sp³-hybridized carbons (Fsp3) is 0.143. The van der Waals surface area contributed by atoms with Gasteiger partial charge in [0.05, 0.1) is 5.56 Å². The second-order valence-electron chi connectivity index (χ2n) is 6.17. The Morgan fingerprint density at radius 1 is 0.964 bits per heavy atom. The Morgan fingerprint density at radius 2 is 1.61 bits per heavy atom. The van der Waals surface area contributed by atoms with Crippen molar-refractivity contribution < 1.29 is 18.7 Å². The number of ether oxygens (including phenoxy) is 1. The number of furan rings is 1. The molecule has 1 aromatic heterocycles. The largest absolute Gasteiger partial charge is 0.489 e. The summed E-state index contributed by atoms with van der Waals surface area (Å²) in [7, 11) is 0. The third-order valence-corrected chi connectivity index (χ3v) is 4.26. The van der Waals surface area contributed by atoms with Crippen molar-refractivity contribution in [2.45, 2.75) is 20.5 Å². The molecule has 0 atom stereocenters. The Kier molecular flexibility index (Phi) is 6.01. The van der Waals surface area contributed by atoms with E-state index >= 15 is 0 Å². The van der Waals surface area contributed by atoms with Crippen LogP contribution < -0.4 is 15.6 Å². The molecule has 0 radical (unpaired) electrons. The van der Waals surface area contributed by atoms with Crippen molar-refractivity contribution in [1.29, 1.82) is 0 Å². The summed E-state index contributed by atoms with van der Waals surface area (Å²) in [5.41, 5.74) is 6.47. The summed E-state index contributed by atoms with van der Waals surface area (Å²) in [6, 6.07) is 15.6. The van der Waals surface area contributed by atoms with Crippen LogP contribution in [0.4, 0.5) is 0 Å². The molecule has 0 aliphatic rings. The molecule has 28 heavy (non-hydrogen) atoms. The Hall–Kier alpha value is -3.25. The van der Waals surface area contributed by atoms with Gasteiger partial charge in [-0.05, 0) is 61.9 Å². The highest BCUT2D eigenvalue weighted by molar-refractivity contribution is 6.30. The lowest BCUT2D eigenvalue weighted by molar-refractivity contribution is 0.0845. The van der Waals surface area contributed by atoms with E-state index in [9.17, 15) is 9.59 Å². The number of hydrazine groups is 1. The molecule has 0 bridgehead atoms. The summed E-state index contributed by atoms with van der Waals surface area (Å²) in [4.78, 5) is 24.3. The molecule has 144 valence electrons. The van der Waals surface area contributed by atoms with E-state index in [1.807, 2.05) is 0 Å². The van der Waals surface area contributed by atoms with E-state index in [1.165, 1.54) is 0 Å². The zero-order valence-electron chi connectivity index (χ0n) is 15.4. The van der Waals surface area contributed by atoms with E-state index in [2.05, 4.69) is 10.9 Å². The van der Waals surface area contributed by atoms with Crippen molar-refractivity contribution >= 4 is 23.4 Å². The molecule has 3 aromatic rings. The topological polar surface area (TPSA) is 80.6 Å². The molecule has 2 N–H and O–H groups in total. The molecule has 0 saturated carbocycles. The van der Waals surface area contributed by atoms with Crippen LogP contribution in [0.3, 0.4) is 0 Å². The van der Waals surface area contributed by atoms with Crippen molar-refractivity contribution in [3.8, 4) is 5.75 Å². The SMILES string of the molecule is Cc1cc(C(=O)NNC(=O)c2ccc(COc3ccc(Cl)cc3)cc2)c(C)o1. The van der Waals surface area contributed by atoms with Crippen molar-refractivity contribution in [3.05, 3.63) is 87.8 Å². The van der Waals surface area contributed by atoms with Crippen LogP contribution >= 0.6 is 11.6 Å². The number of amides is 2. The average Bonchev–Trinajstić information content (AvgIpc) is 3.04. The van der Waals surface area contributed by atoms with Gasteiger partial charge in [-0.1, -0.05) is 23.7 Å². The van der Waals surface area contributed by atoms with Crippen LogP contribution in [-0.2, 0) is 6.61 Å². The van der Waals surface area contributed by atoms with E-state index in [1.54, 1.807) is 68.4 Å². The molecule has 0 unspecified atom stereocenters. The predicted molar refractivity (Wildman–Crippen MR) is 105 cm³/mol. The summed E-state index contributed by atoms with van der Waals surface area (Å²) in [6.07, 6.45) is 0. The Morgan fingerprint density at radius 3 is 2.21 bits per heavy atom. The van der Waals surface area contributed by atoms with Crippen molar-refractivity contribution in [3.63, 3.8) is 0 Å². The molecule has 0 spiro atoms. The molecule has 0 fully saturated rings. The molecule has 2 aromatic carbocycles. The molecule has 2 amide bonds. The lowest BCUT2D eigenvalue weighted by atomic mass is 10.1. The van der Waals surface area contributed by atoms with Gasteiger partial charge in [-0.2, -0.15) is 0 Å². The highest BCUT2D eigenvalue weighted by Gasteiger charge is 2.14. The van der Waals surface area contributed by atoms with Gasteiger partial charge in [0.25, 0.3) is 11.8 Å². The predicted octanol–water partition coefficient (Wildman–Crippen LogP) is 4.20. The van der Waals surface area contributed by atoms with Gasteiger partial charge >= 0.3 is 0 Å². The highest BCUT2D eigenvalue weighted by atomic mass is 35.5. The van der Waals surface area contributed by atoms with Crippen LogP contribution in [0.15, 0.2) is 59.0 Å². The van der Waals surface area contributed by atoms with Gasteiger partial charge in [0.15, 0.2) is 0 Å². The van der Waals surface area contributed by atoms with Gasteiger partial charge in [0, 0.05) is 10.6 Å². The highest BCUT2D eigenvalue weighted by Crippen LogP contribution is 2.17. The second-order valence-corrected chi connectivity index (χ2v) is 6.61. The molecule has 7 heteroatoms. The molecule has 0 aliphatic carbocycles. The zero-order valence-corrected chi connectivity index (χ0v) is 16.2. The van der Waals surface area contributed by atoms with Crippen molar-refractivity contribution in [2.24, 2.45) is 0 Å². The lowest BCUT2D eigenvalue weighted by Gasteiger charge is -2.09. The van der Waals surface area contributed by atoms with Crippen molar-refractivity contribution in [1.82, 2.24) is 10.9 Å².